The lowest BCUT2D eigenvalue weighted by atomic mass is 10.3. The van der Waals surface area contributed by atoms with Crippen LogP contribution in [0.3, 0.4) is 0 Å². The van der Waals surface area contributed by atoms with Crippen molar-refractivity contribution in [1.29, 1.82) is 0 Å². The quantitative estimate of drug-likeness (QED) is 0.836. The summed E-state index contributed by atoms with van der Waals surface area (Å²) in [5, 5.41) is 15.6. The van der Waals surface area contributed by atoms with E-state index in [2.05, 4.69) is 36.1 Å². The molecule has 2 rings (SSSR count). The van der Waals surface area contributed by atoms with E-state index in [0.717, 1.165) is 16.2 Å². The van der Waals surface area contributed by atoms with E-state index in [9.17, 15) is 4.79 Å². The summed E-state index contributed by atoms with van der Waals surface area (Å²) in [7, 11) is 0. The van der Waals surface area contributed by atoms with Crippen LogP contribution in [0.5, 0.6) is 0 Å². The minimum atomic E-state index is -0.902. The van der Waals surface area contributed by atoms with E-state index in [-0.39, 0.29) is 5.75 Å². The Bertz CT molecular complexity index is 545. The third-order valence-electron chi connectivity index (χ3n) is 1.77. The number of aliphatic carboxylic acids is 1. The summed E-state index contributed by atoms with van der Waals surface area (Å²) in [6, 6.07) is 3.64. The van der Waals surface area contributed by atoms with Crippen molar-refractivity contribution in [2.75, 3.05) is 5.75 Å². The monoisotopic (exact) mass is 314 g/mol. The van der Waals surface area contributed by atoms with Crippen molar-refractivity contribution in [2.45, 2.75) is 5.16 Å². The number of nitrogens with one attached hydrogen (secondary N) is 1. The number of hydrogen-bond donors (Lipinski definition) is 2. The highest BCUT2D eigenvalue weighted by Crippen LogP contribution is 2.24. The van der Waals surface area contributed by atoms with Crippen molar-refractivity contribution in [3.05, 3.63) is 22.8 Å². The molecule has 0 saturated heterocycles. The molecule has 0 aliphatic rings. The maximum absolute atomic E-state index is 10.4. The number of carbonyl (C=O) groups is 1. The van der Waals surface area contributed by atoms with Crippen LogP contribution in [-0.2, 0) is 4.79 Å². The Morgan fingerprint density at radius 2 is 2.41 bits per heavy atom. The summed E-state index contributed by atoms with van der Waals surface area (Å²) >= 11 is 4.41. The Morgan fingerprint density at radius 3 is 3.12 bits per heavy atom. The lowest BCUT2D eigenvalue weighted by Crippen LogP contribution is -1.97. The predicted octanol–water partition coefficient (Wildman–Crippen LogP) is 1.81. The van der Waals surface area contributed by atoms with E-state index in [0.29, 0.717) is 16.7 Å². The van der Waals surface area contributed by atoms with Crippen LogP contribution in [0.4, 0.5) is 0 Å². The van der Waals surface area contributed by atoms with Crippen molar-refractivity contribution in [2.24, 2.45) is 0 Å². The fourth-order valence-corrected chi connectivity index (χ4v) is 2.06. The zero-order valence-electron chi connectivity index (χ0n) is 8.42. The number of aromatic amines is 1. The standard InChI is InChI=1S/C9H7BrN4O2S/c10-5-2-1-3-11-7(5)8-12-9(14-13-8)17-4-6(15)16/h1-3H,4H2,(H,15,16)(H,12,13,14). The molecule has 0 unspecified atom stereocenters. The predicted molar refractivity (Wildman–Crippen MR) is 65.7 cm³/mol. The number of halogens is 1. The van der Waals surface area contributed by atoms with Gasteiger partial charge in [0.05, 0.1) is 5.75 Å². The number of pyridine rings is 1. The van der Waals surface area contributed by atoms with Crippen molar-refractivity contribution in [3.8, 4) is 11.5 Å². The van der Waals surface area contributed by atoms with Crippen LogP contribution in [-0.4, -0.2) is 37.0 Å². The normalized spacial score (nSPS) is 10.4. The number of aromatic nitrogens is 4. The number of carboxylic acid groups (broad SMARTS) is 1. The molecule has 6 nitrogen and oxygen atoms in total. The molecule has 2 aromatic rings. The molecule has 0 atom stereocenters. The SMILES string of the molecule is O=C(O)CSc1n[nH]c(-c2ncccc2Br)n1. The summed E-state index contributed by atoms with van der Waals surface area (Å²) in [5.41, 5.74) is 0.641. The lowest BCUT2D eigenvalue weighted by Gasteiger charge is -1.96. The molecule has 88 valence electrons. The Hall–Kier alpha value is -1.41. The third-order valence-corrected chi connectivity index (χ3v) is 3.24. The van der Waals surface area contributed by atoms with Crippen molar-refractivity contribution in [1.82, 2.24) is 20.2 Å². The van der Waals surface area contributed by atoms with Gasteiger partial charge in [0, 0.05) is 10.7 Å². The first-order valence-corrected chi connectivity index (χ1v) is 6.32. The molecular weight excluding hydrogens is 308 g/mol. The number of thioether (sulfide) groups is 1. The first kappa shape index (κ1) is 12.1. The second-order valence-corrected chi connectivity index (χ2v) is 4.78. The lowest BCUT2D eigenvalue weighted by molar-refractivity contribution is -0.133. The molecule has 0 aliphatic carbocycles. The van der Waals surface area contributed by atoms with E-state index in [4.69, 9.17) is 5.11 Å². The molecule has 2 N–H and O–H groups in total. The average Bonchev–Trinajstić information content (AvgIpc) is 2.75. The van der Waals surface area contributed by atoms with Gasteiger partial charge in [-0.1, -0.05) is 11.8 Å². The number of H-pyrrole nitrogens is 1. The van der Waals surface area contributed by atoms with Crippen LogP contribution in [0.15, 0.2) is 28.0 Å². The van der Waals surface area contributed by atoms with Gasteiger partial charge in [0.15, 0.2) is 5.82 Å². The van der Waals surface area contributed by atoms with Gasteiger partial charge in [-0.05, 0) is 28.1 Å². The molecular formula is C9H7BrN4O2S. The van der Waals surface area contributed by atoms with Crippen LogP contribution in [0.25, 0.3) is 11.5 Å². The smallest absolute Gasteiger partial charge is 0.313 e. The third kappa shape index (κ3) is 3.04. The van der Waals surface area contributed by atoms with E-state index in [1.165, 1.54) is 0 Å². The van der Waals surface area contributed by atoms with Crippen LogP contribution >= 0.6 is 27.7 Å². The van der Waals surface area contributed by atoms with Gasteiger partial charge in [-0.3, -0.25) is 14.9 Å². The average molecular weight is 315 g/mol. The number of rotatable bonds is 4. The molecule has 2 aromatic heterocycles. The molecule has 0 saturated carbocycles. The Kier molecular flexibility index (Phi) is 3.75. The number of nitrogens with zero attached hydrogens (tertiary/aromatic N) is 3. The summed E-state index contributed by atoms with van der Waals surface area (Å²) in [6.45, 7) is 0. The fourth-order valence-electron chi connectivity index (χ4n) is 1.10. The highest BCUT2D eigenvalue weighted by molar-refractivity contribution is 9.10. The summed E-state index contributed by atoms with van der Waals surface area (Å²) in [6.07, 6.45) is 1.65. The maximum atomic E-state index is 10.4. The van der Waals surface area contributed by atoms with Gasteiger partial charge in [-0.2, -0.15) is 4.98 Å². The molecule has 0 fully saturated rings. The highest BCUT2D eigenvalue weighted by atomic mass is 79.9. The molecule has 0 bridgehead atoms. The van der Waals surface area contributed by atoms with Gasteiger partial charge in [0.1, 0.15) is 5.69 Å². The van der Waals surface area contributed by atoms with Crippen LogP contribution in [0.2, 0.25) is 0 Å². The molecule has 8 heteroatoms. The molecule has 0 radical (unpaired) electrons. The summed E-state index contributed by atoms with van der Waals surface area (Å²) < 4.78 is 0.797. The molecule has 0 amide bonds. The van der Waals surface area contributed by atoms with Gasteiger partial charge < -0.3 is 5.11 Å². The molecule has 0 aliphatic heterocycles. The van der Waals surface area contributed by atoms with Gasteiger partial charge in [-0.15, -0.1) is 5.10 Å². The van der Waals surface area contributed by atoms with E-state index in [1.54, 1.807) is 12.3 Å². The first-order chi connectivity index (χ1) is 8.16. The fraction of sp³-hybridized carbons (Fsp3) is 0.111. The van der Waals surface area contributed by atoms with E-state index in [1.807, 2.05) is 6.07 Å². The van der Waals surface area contributed by atoms with Crippen molar-refractivity contribution >= 4 is 33.7 Å². The number of carboxylic acids is 1. The summed E-state index contributed by atoms with van der Waals surface area (Å²) in [5.74, 6) is -0.466. The van der Waals surface area contributed by atoms with Gasteiger partial charge >= 0.3 is 5.97 Å². The Morgan fingerprint density at radius 1 is 1.59 bits per heavy atom. The van der Waals surface area contributed by atoms with Crippen molar-refractivity contribution in [3.63, 3.8) is 0 Å². The summed E-state index contributed by atoms with van der Waals surface area (Å²) in [4.78, 5) is 18.7. The Balaban J connectivity index is 2.18. The molecule has 17 heavy (non-hydrogen) atoms. The van der Waals surface area contributed by atoms with Crippen LogP contribution in [0.1, 0.15) is 0 Å². The van der Waals surface area contributed by atoms with E-state index >= 15 is 0 Å². The van der Waals surface area contributed by atoms with Crippen LogP contribution in [0, 0.1) is 0 Å². The number of hydrogen-bond acceptors (Lipinski definition) is 5. The topological polar surface area (TPSA) is 91.8 Å². The zero-order chi connectivity index (χ0) is 12.3. The van der Waals surface area contributed by atoms with Gasteiger partial charge in [-0.25, -0.2) is 0 Å². The maximum Gasteiger partial charge on any atom is 0.313 e. The highest BCUT2D eigenvalue weighted by Gasteiger charge is 2.11. The minimum absolute atomic E-state index is 0.0688. The van der Waals surface area contributed by atoms with Gasteiger partial charge in [0.2, 0.25) is 5.16 Å². The van der Waals surface area contributed by atoms with Gasteiger partial charge in [0.25, 0.3) is 0 Å². The minimum Gasteiger partial charge on any atom is -0.481 e. The second kappa shape index (κ2) is 5.28. The Labute approximate surface area is 109 Å². The molecule has 2 heterocycles. The van der Waals surface area contributed by atoms with Crippen molar-refractivity contribution < 1.29 is 9.90 Å². The second-order valence-electron chi connectivity index (χ2n) is 2.98. The van der Waals surface area contributed by atoms with Crippen LogP contribution < -0.4 is 0 Å². The van der Waals surface area contributed by atoms with E-state index < -0.39 is 5.97 Å². The molecule has 0 spiro atoms. The molecule has 0 aromatic carbocycles. The first-order valence-electron chi connectivity index (χ1n) is 4.54. The zero-order valence-corrected chi connectivity index (χ0v) is 10.8. The largest absolute Gasteiger partial charge is 0.481 e.